The monoisotopic (exact) mass is 381 g/mol. The third kappa shape index (κ3) is 5.14. The molecule has 1 aromatic rings. The fourth-order valence-corrected chi connectivity index (χ4v) is 3.64. The van der Waals surface area contributed by atoms with Gasteiger partial charge in [0, 0.05) is 10.6 Å². The number of carbonyl (C=O) groups is 2. The number of carbonyl (C=O) groups excluding carboxylic acids is 2. The molecule has 144 valence electrons. The molecule has 0 unspecified atom stereocenters. The summed E-state index contributed by atoms with van der Waals surface area (Å²) >= 11 is 1.60. The van der Waals surface area contributed by atoms with Crippen LogP contribution in [0.5, 0.6) is 0 Å². The van der Waals surface area contributed by atoms with Gasteiger partial charge in [0.1, 0.15) is 11.3 Å². The van der Waals surface area contributed by atoms with Crippen LogP contribution in [0.15, 0.2) is 29.2 Å². The molecule has 1 atom stereocenters. The summed E-state index contributed by atoms with van der Waals surface area (Å²) in [5, 5.41) is 0. The standard InChI is InChI=1S/C19H27NO5S/c1-18(2,3)25-17(22)20-14(11-24-19(20,4)5)12-26-15-9-7-13(8-10-15)16(21)23-6/h7-10,14H,11-12H2,1-6H3/t14-/m1/s1. The maximum atomic E-state index is 12.6. The van der Waals surface area contributed by atoms with Gasteiger partial charge in [-0.2, -0.15) is 0 Å². The molecule has 2 rings (SSSR count). The maximum absolute atomic E-state index is 12.6. The number of benzene rings is 1. The van der Waals surface area contributed by atoms with Crippen LogP contribution >= 0.6 is 11.8 Å². The molecule has 1 saturated heterocycles. The lowest BCUT2D eigenvalue weighted by molar-refractivity contribution is -0.0617. The van der Waals surface area contributed by atoms with Crippen LogP contribution in [0.1, 0.15) is 45.0 Å². The quantitative estimate of drug-likeness (QED) is 0.581. The number of ether oxygens (including phenoxy) is 3. The Bertz CT molecular complexity index is 651. The molecule has 0 radical (unpaired) electrons. The Hall–Kier alpha value is -1.73. The number of methoxy groups -OCH3 is 1. The topological polar surface area (TPSA) is 65.1 Å². The third-order valence-corrected chi connectivity index (χ3v) is 5.04. The Labute approximate surface area is 159 Å². The molecule has 1 fully saturated rings. The average Bonchev–Trinajstić information content (AvgIpc) is 2.85. The van der Waals surface area contributed by atoms with Gasteiger partial charge in [-0.1, -0.05) is 0 Å². The van der Waals surface area contributed by atoms with Gasteiger partial charge in [0.2, 0.25) is 0 Å². The molecule has 0 spiro atoms. The van der Waals surface area contributed by atoms with E-state index in [1.807, 2.05) is 46.8 Å². The second-order valence-corrected chi connectivity index (χ2v) is 8.68. The summed E-state index contributed by atoms with van der Waals surface area (Å²) in [6.07, 6.45) is -0.369. The Kier molecular flexibility index (Phi) is 6.24. The highest BCUT2D eigenvalue weighted by Crippen LogP contribution is 2.32. The first-order chi connectivity index (χ1) is 12.0. The minimum atomic E-state index is -0.706. The first kappa shape index (κ1) is 20.6. The maximum Gasteiger partial charge on any atom is 0.412 e. The Morgan fingerprint density at radius 2 is 1.88 bits per heavy atom. The SMILES string of the molecule is COC(=O)c1ccc(SC[C@H]2COC(C)(C)N2C(=O)OC(C)(C)C)cc1. The predicted octanol–water partition coefficient (Wildman–Crippen LogP) is 3.94. The summed E-state index contributed by atoms with van der Waals surface area (Å²) in [6.45, 7) is 9.74. The number of amides is 1. The van der Waals surface area contributed by atoms with Crippen molar-refractivity contribution in [3.63, 3.8) is 0 Å². The molecule has 0 aliphatic carbocycles. The molecule has 1 amide bonds. The first-order valence-corrected chi connectivity index (χ1v) is 9.49. The smallest absolute Gasteiger partial charge is 0.412 e. The molecule has 0 N–H and O–H groups in total. The molecular formula is C19H27NO5S. The molecule has 7 heteroatoms. The molecule has 1 aliphatic rings. The zero-order valence-corrected chi connectivity index (χ0v) is 17.0. The number of thioether (sulfide) groups is 1. The molecule has 6 nitrogen and oxygen atoms in total. The largest absolute Gasteiger partial charge is 0.465 e. The summed E-state index contributed by atoms with van der Waals surface area (Å²) in [7, 11) is 1.36. The second-order valence-electron chi connectivity index (χ2n) is 7.59. The van der Waals surface area contributed by atoms with Crippen molar-refractivity contribution >= 4 is 23.8 Å². The van der Waals surface area contributed by atoms with Crippen LogP contribution in [0.2, 0.25) is 0 Å². The van der Waals surface area contributed by atoms with E-state index in [4.69, 9.17) is 14.2 Å². The lowest BCUT2D eigenvalue weighted by Gasteiger charge is -2.35. The summed E-state index contributed by atoms with van der Waals surface area (Å²) in [5.74, 6) is 0.309. The highest BCUT2D eigenvalue weighted by Gasteiger charge is 2.45. The zero-order valence-electron chi connectivity index (χ0n) is 16.2. The fraction of sp³-hybridized carbons (Fsp3) is 0.579. The van der Waals surface area contributed by atoms with Crippen molar-refractivity contribution in [2.45, 2.75) is 56.9 Å². The molecular weight excluding hydrogens is 354 g/mol. The van der Waals surface area contributed by atoms with Crippen LogP contribution in [0.4, 0.5) is 4.79 Å². The minimum absolute atomic E-state index is 0.0925. The van der Waals surface area contributed by atoms with E-state index >= 15 is 0 Å². The summed E-state index contributed by atoms with van der Waals surface area (Å²) in [5.41, 5.74) is -0.753. The molecule has 0 aromatic heterocycles. The first-order valence-electron chi connectivity index (χ1n) is 8.51. The van der Waals surface area contributed by atoms with Gasteiger partial charge < -0.3 is 14.2 Å². The van der Waals surface area contributed by atoms with Crippen molar-refractivity contribution in [2.75, 3.05) is 19.5 Å². The van der Waals surface area contributed by atoms with E-state index in [1.54, 1.807) is 28.8 Å². The number of nitrogens with zero attached hydrogens (tertiary/aromatic N) is 1. The van der Waals surface area contributed by atoms with Gasteiger partial charge in [-0.05, 0) is 58.9 Å². The van der Waals surface area contributed by atoms with E-state index in [0.717, 1.165) is 4.90 Å². The molecule has 1 aliphatic heterocycles. The molecule has 0 saturated carbocycles. The van der Waals surface area contributed by atoms with Gasteiger partial charge in [-0.15, -0.1) is 11.8 Å². The number of esters is 1. The molecule has 1 heterocycles. The Morgan fingerprint density at radius 1 is 1.27 bits per heavy atom. The number of hydrogen-bond acceptors (Lipinski definition) is 6. The predicted molar refractivity (Wildman–Crippen MR) is 100 cm³/mol. The van der Waals surface area contributed by atoms with E-state index < -0.39 is 11.3 Å². The summed E-state index contributed by atoms with van der Waals surface area (Å²) in [4.78, 5) is 26.8. The van der Waals surface area contributed by atoms with Crippen molar-refractivity contribution in [1.82, 2.24) is 4.90 Å². The highest BCUT2D eigenvalue weighted by molar-refractivity contribution is 7.99. The van der Waals surface area contributed by atoms with Crippen LogP contribution < -0.4 is 0 Å². The van der Waals surface area contributed by atoms with Crippen molar-refractivity contribution in [2.24, 2.45) is 0 Å². The number of hydrogen-bond donors (Lipinski definition) is 0. The van der Waals surface area contributed by atoms with Gasteiger partial charge in [-0.3, -0.25) is 4.90 Å². The average molecular weight is 381 g/mol. The Balaban J connectivity index is 2.03. The van der Waals surface area contributed by atoms with E-state index in [-0.39, 0.29) is 18.1 Å². The zero-order chi connectivity index (χ0) is 19.5. The van der Waals surface area contributed by atoms with Gasteiger partial charge in [0.05, 0.1) is 25.3 Å². The lowest BCUT2D eigenvalue weighted by atomic mass is 10.2. The van der Waals surface area contributed by atoms with E-state index in [2.05, 4.69) is 0 Å². The van der Waals surface area contributed by atoms with Gasteiger partial charge in [0.15, 0.2) is 0 Å². The lowest BCUT2D eigenvalue weighted by Crippen LogP contribution is -2.50. The van der Waals surface area contributed by atoms with E-state index in [0.29, 0.717) is 17.9 Å². The van der Waals surface area contributed by atoms with Crippen LogP contribution in [-0.4, -0.2) is 53.8 Å². The highest BCUT2D eigenvalue weighted by atomic mass is 32.2. The summed E-state index contributed by atoms with van der Waals surface area (Å²) < 4.78 is 16.0. The van der Waals surface area contributed by atoms with Crippen LogP contribution in [0.3, 0.4) is 0 Å². The second kappa shape index (κ2) is 7.88. The molecule has 1 aromatic carbocycles. The van der Waals surface area contributed by atoms with Crippen molar-refractivity contribution in [3.8, 4) is 0 Å². The minimum Gasteiger partial charge on any atom is -0.465 e. The van der Waals surface area contributed by atoms with Crippen LogP contribution in [-0.2, 0) is 14.2 Å². The van der Waals surface area contributed by atoms with Gasteiger partial charge >= 0.3 is 12.1 Å². The summed E-state index contributed by atoms with van der Waals surface area (Å²) in [6, 6.07) is 7.11. The van der Waals surface area contributed by atoms with Crippen molar-refractivity contribution in [3.05, 3.63) is 29.8 Å². The van der Waals surface area contributed by atoms with Crippen LogP contribution in [0, 0.1) is 0 Å². The van der Waals surface area contributed by atoms with Crippen molar-refractivity contribution < 1.29 is 23.8 Å². The van der Waals surface area contributed by atoms with E-state index in [1.165, 1.54) is 7.11 Å². The van der Waals surface area contributed by atoms with Crippen LogP contribution in [0.25, 0.3) is 0 Å². The third-order valence-electron chi connectivity index (χ3n) is 3.88. The molecule has 0 bridgehead atoms. The Morgan fingerprint density at radius 3 is 2.42 bits per heavy atom. The normalized spacial score (nSPS) is 19.3. The van der Waals surface area contributed by atoms with Crippen molar-refractivity contribution in [1.29, 1.82) is 0 Å². The fourth-order valence-electron chi connectivity index (χ4n) is 2.68. The van der Waals surface area contributed by atoms with Gasteiger partial charge in [-0.25, -0.2) is 9.59 Å². The number of rotatable bonds is 4. The van der Waals surface area contributed by atoms with Gasteiger partial charge in [0.25, 0.3) is 0 Å². The molecule has 26 heavy (non-hydrogen) atoms. The van der Waals surface area contributed by atoms with E-state index in [9.17, 15) is 9.59 Å².